The fraction of sp³-hybridized carbons (Fsp3) is 0.182. The predicted molar refractivity (Wildman–Crippen MR) is 123 cm³/mol. The van der Waals surface area contributed by atoms with Gasteiger partial charge in [0.15, 0.2) is 5.78 Å². The van der Waals surface area contributed by atoms with Gasteiger partial charge in [-0.2, -0.15) is 5.10 Å². The lowest BCUT2D eigenvalue weighted by molar-refractivity contribution is 0.104. The summed E-state index contributed by atoms with van der Waals surface area (Å²) in [6, 6.07) is 13.3. The van der Waals surface area contributed by atoms with E-state index in [9.17, 15) is 13.2 Å². The lowest BCUT2D eigenvalue weighted by Gasteiger charge is -2.11. The maximum atomic E-state index is 12.6. The van der Waals surface area contributed by atoms with E-state index in [1.165, 1.54) is 38.4 Å². The SMILES string of the molecule is Cc1nn(Cc2ccccc2Cl)c(Cl)c1/C=C/C(=O)c1cccc(S(=O)(=O)N(C)C)c1. The molecular formula is C22H21Cl2N3O3S. The van der Waals surface area contributed by atoms with Crippen LogP contribution in [0.4, 0.5) is 0 Å². The minimum absolute atomic E-state index is 0.0542. The van der Waals surface area contributed by atoms with E-state index >= 15 is 0 Å². The maximum absolute atomic E-state index is 12.6. The Morgan fingerprint density at radius 2 is 1.84 bits per heavy atom. The third-order valence-corrected chi connectivity index (χ3v) is 7.26. The van der Waals surface area contributed by atoms with Crippen LogP contribution in [0.3, 0.4) is 0 Å². The number of aromatic nitrogens is 2. The van der Waals surface area contributed by atoms with Gasteiger partial charge in [-0.15, -0.1) is 0 Å². The summed E-state index contributed by atoms with van der Waals surface area (Å²) in [5.74, 6) is -0.342. The van der Waals surface area contributed by atoms with Gasteiger partial charge in [-0.1, -0.05) is 53.5 Å². The first-order chi connectivity index (χ1) is 14.6. The molecule has 0 radical (unpaired) electrons. The van der Waals surface area contributed by atoms with Gasteiger partial charge >= 0.3 is 0 Å². The van der Waals surface area contributed by atoms with Crippen LogP contribution in [0.1, 0.15) is 27.2 Å². The molecule has 0 aliphatic carbocycles. The Labute approximate surface area is 191 Å². The standard InChI is InChI=1S/C22H21Cl2N3O3S/c1-15-19(22(24)27(25-15)14-17-7-4-5-10-20(17)23)11-12-21(28)16-8-6-9-18(13-16)31(29,30)26(2)3/h4-13H,14H2,1-3H3/b12-11+. The van der Waals surface area contributed by atoms with Crippen molar-refractivity contribution in [1.29, 1.82) is 0 Å². The van der Waals surface area contributed by atoms with Crippen molar-refractivity contribution in [2.24, 2.45) is 0 Å². The number of allylic oxidation sites excluding steroid dienone is 1. The van der Waals surface area contributed by atoms with Crippen LogP contribution in [-0.2, 0) is 16.6 Å². The molecule has 31 heavy (non-hydrogen) atoms. The summed E-state index contributed by atoms with van der Waals surface area (Å²) in [6.07, 6.45) is 2.94. The molecule has 6 nitrogen and oxygen atoms in total. The molecule has 0 aliphatic heterocycles. The average molecular weight is 478 g/mol. The summed E-state index contributed by atoms with van der Waals surface area (Å²) in [6.45, 7) is 2.19. The van der Waals surface area contributed by atoms with E-state index in [0.717, 1.165) is 9.87 Å². The second-order valence-electron chi connectivity index (χ2n) is 7.05. The molecule has 162 valence electrons. The fourth-order valence-electron chi connectivity index (χ4n) is 2.93. The topological polar surface area (TPSA) is 72.3 Å². The highest BCUT2D eigenvalue weighted by Gasteiger charge is 2.18. The zero-order valence-electron chi connectivity index (χ0n) is 17.2. The zero-order valence-corrected chi connectivity index (χ0v) is 19.5. The van der Waals surface area contributed by atoms with Crippen molar-refractivity contribution in [2.75, 3.05) is 14.1 Å². The van der Waals surface area contributed by atoms with Crippen molar-refractivity contribution in [3.8, 4) is 0 Å². The molecule has 9 heteroatoms. The molecule has 0 spiro atoms. The molecule has 0 aliphatic rings. The molecule has 1 aromatic heterocycles. The van der Waals surface area contributed by atoms with Crippen LogP contribution >= 0.6 is 23.2 Å². The highest BCUT2D eigenvalue weighted by Crippen LogP contribution is 2.25. The molecule has 1 heterocycles. The number of rotatable bonds is 7. The molecule has 0 fully saturated rings. The van der Waals surface area contributed by atoms with E-state index in [-0.39, 0.29) is 16.2 Å². The van der Waals surface area contributed by atoms with Crippen molar-refractivity contribution >= 4 is 45.1 Å². The van der Waals surface area contributed by atoms with Gasteiger partial charge < -0.3 is 0 Å². The third kappa shape index (κ3) is 5.07. The van der Waals surface area contributed by atoms with E-state index in [1.54, 1.807) is 29.8 Å². The average Bonchev–Trinajstić information content (AvgIpc) is 3.00. The largest absolute Gasteiger partial charge is 0.289 e. The Hall–Kier alpha value is -2.45. The molecule has 0 saturated heterocycles. The molecule has 0 atom stereocenters. The number of sulfonamides is 1. The Balaban J connectivity index is 1.85. The summed E-state index contributed by atoms with van der Waals surface area (Å²) in [5, 5.41) is 5.44. The van der Waals surface area contributed by atoms with E-state index in [2.05, 4.69) is 5.10 Å². The highest BCUT2D eigenvalue weighted by molar-refractivity contribution is 7.89. The molecule has 0 saturated carbocycles. The first-order valence-electron chi connectivity index (χ1n) is 9.32. The number of nitrogens with zero attached hydrogens (tertiary/aromatic N) is 3. The van der Waals surface area contributed by atoms with Gasteiger partial charge in [0, 0.05) is 30.2 Å². The number of hydrogen-bond donors (Lipinski definition) is 0. The molecule has 3 aromatic rings. The van der Waals surface area contributed by atoms with Gasteiger partial charge in [0.25, 0.3) is 0 Å². The number of carbonyl (C=O) groups excluding carboxylic acids is 1. The quantitative estimate of drug-likeness (QED) is 0.365. The smallest absolute Gasteiger partial charge is 0.242 e. The van der Waals surface area contributed by atoms with Crippen molar-refractivity contribution in [3.63, 3.8) is 0 Å². The second-order valence-corrected chi connectivity index (χ2v) is 9.97. The Morgan fingerprint density at radius 1 is 1.13 bits per heavy atom. The van der Waals surface area contributed by atoms with Crippen LogP contribution in [0.5, 0.6) is 0 Å². The van der Waals surface area contributed by atoms with E-state index in [1.807, 2.05) is 18.2 Å². The van der Waals surface area contributed by atoms with Crippen molar-refractivity contribution in [3.05, 3.63) is 87.2 Å². The summed E-state index contributed by atoms with van der Waals surface area (Å²) in [5.41, 5.74) is 2.40. The number of ketones is 1. The van der Waals surface area contributed by atoms with Gasteiger partial charge in [-0.25, -0.2) is 17.4 Å². The van der Waals surface area contributed by atoms with Gasteiger partial charge in [0.2, 0.25) is 10.0 Å². The number of halogens is 2. The van der Waals surface area contributed by atoms with Crippen LogP contribution in [-0.4, -0.2) is 42.4 Å². The first-order valence-corrected chi connectivity index (χ1v) is 11.5. The fourth-order valence-corrected chi connectivity index (χ4v) is 4.37. The minimum atomic E-state index is -3.63. The summed E-state index contributed by atoms with van der Waals surface area (Å²) < 4.78 is 27.3. The predicted octanol–water partition coefficient (Wildman–Crippen LogP) is 4.69. The maximum Gasteiger partial charge on any atom is 0.242 e. The third-order valence-electron chi connectivity index (χ3n) is 4.69. The van der Waals surface area contributed by atoms with Gasteiger partial charge in [0.1, 0.15) is 5.15 Å². The van der Waals surface area contributed by atoms with Crippen LogP contribution in [0.2, 0.25) is 10.2 Å². The molecule has 3 rings (SSSR count). The molecule has 0 N–H and O–H groups in total. The van der Waals surface area contributed by atoms with Crippen LogP contribution in [0, 0.1) is 6.92 Å². The van der Waals surface area contributed by atoms with Crippen molar-refractivity contribution < 1.29 is 13.2 Å². The molecule has 0 unspecified atom stereocenters. The second kappa shape index (κ2) is 9.36. The number of hydrogen-bond acceptors (Lipinski definition) is 4. The first kappa shape index (κ1) is 23.2. The highest BCUT2D eigenvalue weighted by atomic mass is 35.5. The van der Waals surface area contributed by atoms with Gasteiger partial charge in [-0.3, -0.25) is 4.79 Å². The van der Waals surface area contributed by atoms with Gasteiger partial charge in [-0.05, 0) is 42.8 Å². The van der Waals surface area contributed by atoms with E-state index < -0.39 is 10.0 Å². The Kier molecular flexibility index (Phi) is 7.01. The van der Waals surface area contributed by atoms with E-state index in [4.69, 9.17) is 23.2 Å². The molecule has 0 bridgehead atoms. The van der Waals surface area contributed by atoms with E-state index in [0.29, 0.717) is 28.0 Å². The monoisotopic (exact) mass is 477 g/mol. The Morgan fingerprint density at radius 3 is 2.52 bits per heavy atom. The summed E-state index contributed by atoms with van der Waals surface area (Å²) >= 11 is 12.7. The number of aryl methyl sites for hydroxylation is 1. The van der Waals surface area contributed by atoms with Crippen molar-refractivity contribution in [1.82, 2.24) is 14.1 Å². The minimum Gasteiger partial charge on any atom is -0.289 e. The van der Waals surface area contributed by atoms with Gasteiger partial charge in [0.05, 0.1) is 17.1 Å². The Bertz CT molecular complexity index is 1260. The lowest BCUT2D eigenvalue weighted by atomic mass is 10.1. The summed E-state index contributed by atoms with van der Waals surface area (Å²) in [7, 11) is -0.753. The lowest BCUT2D eigenvalue weighted by Crippen LogP contribution is -2.22. The number of carbonyl (C=O) groups is 1. The normalized spacial score (nSPS) is 12.1. The molecular weight excluding hydrogens is 457 g/mol. The zero-order chi connectivity index (χ0) is 22.8. The summed E-state index contributed by atoms with van der Waals surface area (Å²) in [4.78, 5) is 12.7. The van der Waals surface area contributed by atoms with Crippen LogP contribution < -0.4 is 0 Å². The number of benzene rings is 2. The molecule has 0 amide bonds. The molecule has 2 aromatic carbocycles. The van der Waals surface area contributed by atoms with Crippen LogP contribution in [0.25, 0.3) is 6.08 Å². The van der Waals surface area contributed by atoms with Crippen molar-refractivity contribution in [2.45, 2.75) is 18.4 Å². The van der Waals surface area contributed by atoms with Crippen LogP contribution in [0.15, 0.2) is 59.5 Å².